The first-order valence-corrected chi connectivity index (χ1v) is 7.75. The molecule has 2 aromatic rings. The van der Waals surface area contributed by atoms with Gasteiger partial charge in [-0.25, -0.2) is 4.98 Å². The van der Waals surface area contributed by atoms with E-state index in [0.29, 0.717) is 11.5 Å². The van der Waals surface area contributed by atoms with Gasteiger partial charge in [-0.1, -0.05) is 5.16 Å². The second-order valence-corrected chi connectivity index (χ2v) is 5.87. The number of carbonyl (C=O) groups is 1. The summed E-state index contributed by atoms with van der Waals surface area (Å²) >= 11 is 0. The Morgan fingerprint density at radius 1 is 1.46 bits per heavy atom. The van der Waals surface area contributed by atoms with Gasteiger partial charge in [0.15, 0.2) is 0 Å². The fraction of sp³-hybridized carbons (Fsp3) is 0.467. The zero-order valence-electron chi connectivity index (χ0n) is 13.7. The number of nitrogens with two attached hydrogens (primary N) is 1. The van der Waals surface area contributed by atoms with Crippen molar-refractivity contribution < 1.29 is 9.32 Å². The number of nitrogens with zero attached hydrogens (tertiary/aromatic N) is 4. The number of hydrogen-bond donors (Lipinski definition) is 2. The number of amides is 1. The Balaban J connectivity index is 2.12. The van der Waals surface area contributed by atoms with Crippen LogP contribution in [0.15, 0.2) is 21.8 Å². The summed E-state index contributed by atoms with van der Waals surface area (Å²) in [7, 11) is 3.51. The van der Waals surface area contributed by atoms with Crippen LogP contribution < -0.4 is 21.5 Å². The third kappa shape index (κ3) is 2.78. The number of aromatic nitrogens is 3. The summed E-state index contributed by atoms with van der Waals surface area (Å²) in [6.45, 7) is 1.81. The average Bonchev–Trinajstić information content (AvgIpc) is 3.11. The van der Waals surface area contributed by atoms with Crippen LogP contribution >= 0.6 is 0 Å². The van der Waals surface area contributed by atoms with Crippen molar-refractivity contribution in [2.24, 2.45) is 12.8 Å². The fourth-order valence-corrected chi connectivity index (χ4v) is 3.03. The molecule has 3 N–H and O–H groups in total. The first kappa shape index (κ1) is 16.2. The van der Waals surface area contributed by atoms with E-state index in [4.69, 9.17) is 10.3 Å². The van der Waals surface area contributed by atoms with Gasteiger partial charge in [0.05, 0.1) is 11.8 Å². The second-order valence-electron chi connectivity index (χ2n) is 5.87. The van der Waals surface area contributed by atoms with E-state index in [-0.39, 0.29) is 22.9 Å². The predicted octanol–water partition coefficient (Wildman–Crippen LogP) is -0.278. The van der Waals surface area contributed by atoms with Gasteiger partial charge in [0.25, 0.3) is 11.5 Å². The van der Waals surface area contributed by atoms with E-state index in [0.717, 1.165) is 25.9 Å². The second kappa shape index (κ2) is 6.44. The topological polar surface area (TPSA) is 119 Å². The summed E-state index contributed by atoms with van der Waals surface area (Å²) in [4.78, 5) is 31.0. The van der Waals surface area contributed by atoms with Crippen LogP contribution in [0.3, 0.4) is 0 Å². The van der Waals surface area contributed by atoms with Crippen molar-refractivity contribution in [3.8, 4) is 11.1 Å². The van der Waals surface area contributed by atoms with Gasteiger partial charge in [0, 0.05) is 25.7 Å². The van der Waals surface area contributed by atoms with Crippen LogP contribution in [-0.4, -0.2) is 46.8 Å². The first-order valence-electron chi connectivity index (χ1n) is 7.75. The molecule has 0 aliphatic carbocycles. The van der Waals surface area contributed by atoms with Gasteiger partial charge in [-0.05, 0) is 25.9 Å². The number of anilines is 1. The van der Waals surface area contributed by atoms with Crippen molar-refractivity contribution in [1.82, 2.24) is 20.0 Å². The molecule has 9 nitrogen and oxygen atoms in total. The van der Waals surface area contributed by atoms with Crippen molar-refractivity contribution in [3.05, 3.63) is 28.5 Å². The predicted molar refractivity (Wildman–Crippen MR) is 87.8 cm³/mol. The Morgan fingerprint density at radius 3 is 2.75 bits per heavy atom. The largest absolute Gasteiger partial charge is 0.364 e. The minimum absolute atomic E-state index is 0.0721. The molecule has 1 amide bonds. The van der Waals surface area contributed by atoms with Crippen LogP contribution in [0.5, 0.6) is 0 Å². The maximum absolute atomic E-state index is 12.8. The summed E-state index contributed by atoms with van der Waals surface area (Å²) < 4.78 is 6.20. The van der Waals surface area contributed by atoms with E-state index in [2.05, 4.69) is 15.5 Å². The molecule has 0 saturated carbocycles. The minimum atomic E-state index is -0.760. The van der Waals surface area contributed by atoms with Crippen LogP contribution in [0.4, 0.5) is 5.95 Å². The highest BCUT2D eigenvalue weighted by Gasteiger charge is 2.26. The maximum atomic E-state index is 12.8. The highest BCUT2D eigenvalue weighted by molar-refractivity contribution is 5.97. The summed E-state index contributed by atoms with van der Waals surface area (Å²) in [5.41, 5.74) is 5.51. The normalized spacial score (nSPS) is 15.4. The molecule has 0 spiro atoms. The summed E-state index contributed by atoms with van der Waals surface area (Å²) in [5.74, 6) is -0.343. The zero-order chi connectivity index (χ0) is 17.3. The lowest BCUT2D eigenvalue weighted by molar-refractivity contribution is 0.0996. The highest BCUT2D eigenvalue weighted by atomic mass is 16.5. The highest BCUT2D eigenvalue weighted by Crippen LogP contribution is 2.22. The van der Waals surface area contributed by atoms with Crippen molar-refractivity contribution in [1.29, 1.82) is 0 Å². The minimum Gasteiger partial charge on any atom is -0.364 e. The van der Waals surface area contributed by atoms with Crippen molar-refractivity contribution >= 4 is 11.9 Å². The van der Waals surface area contributed by atoms with Gasteiger partial charge < -0.3 is 20.5 Å². The van der Waals surface area contributed by atoms with Crippen LogP contribution in [0, 0.1) is 0 Å². The van der Waals surface area contributed by atoms with Gasteiger partial charge in [-0.15, -0.1) is 0 Å². The third-order valence-electron chi connectivity index (χ3n) is 4.39. The molecule has 1 fully saturated rings. The summed E-state index contributed by atoms with van der Waals surface area (Å²) in [6, 6.07) is 0.242. The molecule has 0 bridgehead atoms. The van der Waals surface area contributed by atoms with E-state index in [9.17, 15) is 9.59 Å². The SMILES string of the molecule is CN(c1nc(C(N)=O)c(-c2cnoc2)c(=O)n1C)C1CCNCC1. The standard InChI is InChI=1S/C15H20N6O3/c1-20(10-3-5-17-6-4-10)15-19-12(13(16)22)11(14(23)21(15)2)9-7-18-24-8-9/h7-8,10,17H,3-6H2,1-2H3,(H2,16,22). The zero-order valence-corrected chi connectivity index (χ0v) is 13.7. The van der Waals surface area contributed by atoms with Crippen LogP contribution in [0.2, 0.25) is 0 Å². The molecule has 0 aromatic carbocycles. The molecule has 3 rings (SSSR count). The van der Waals surface area contributed by atoms with E-state index < -0.39 is 5.91 Å². The quantitative estimate of drug-likeness (QED) is 0.790. The first-order chi connectivity index (χ1) is 11.5. The van der Waals surface area contributed by atoms with Crippen LogP contribution in [0.1, 0.15) is 23.3 Å². The van der Waals surface area contributed by atoms with Crippen molar-refractivity contribution in [2.45, 2.75) is 18.9 Å². The Hall–Kier alpha value is -2.68. The van der Waals surface area contributed by atoms with Crippen LogP contribution in [0.25, 0.3) is 11.1 Å². The molecular weight excluding hydrogens is 312 g/mol. The molecule has 0 radical (unpaired) electrons. The maximum Gasteiger partial charge on any atom is 0.268 e. The van der Waals surface area contributed by atoms with Gasteiger partial charge >= 0.3 is 0 Å². The van der Waals surface area contributed by atoms with Crippen LogP contribution in [-0.2, 0) is 7.05 Å². The van der Waals surface area contributed by atoms with E-state index in [1.807, 2.05) is 11.9 Å². The molecule has 9 heteroatoms. The number of piperidine rings is 1. The van der Waals surface area contributed by atoms with E-state index >= 15 is 0 Å². The Bertz CT molecular complexity index is 792. The van der Waals surface area contributed by atoms with Gasteiger partial charge in [0.1, 0.15) is 12.0 Å². The lowest BCUT2D eigenvalue weighted by Gasteiger charge is -2.33. The number of carbonyl (C=O) groups excluding carboxylic acids is 1. The monoisotopic (exact) mass is 332 g/mol. The lowest BCUT2D eigenvalue weighted by atomic mass is 10.1. The van der Waals surface area contributed by atoms with E-state index in [1.54, 1.807) is 7.05 Å². The number of primary amides is 1. The average molecular weight is 332 g/mol. The molecule has 0 unspecified atom stereocenters. The number of rotatable bonds is 4. The van der Waals surface area contributed by atoms with Gasteiger partial charge in [0.2, 0.25) is 5.95 Å². The van der Waals surface area contributed by atoms with Crippen molar-refractivity contribution in [2.75, 3.05) is 25.0 Å². The molecule has 0 atom stereocenters. The Morgan fingerprint density at radius 2 is 2.17 bits per heavy atom. The molecule has 128 valence electrons. The Labute approximate surface area is 138 Å². The van der Waals surface area contributed by atoms with Gasteiger partial charge in [-0.3, -0.25) is 14.2 Å². The van der Waals surface area contributed by atoms with E-state index in [1.165, 1.54) is 17.0 Å². The fourth-order valence-electron chi connectivity index (χ4n) is 3.03. The molecule has 1 aliphatic rings. The molecule has 3 heterocycles. The summed E-state index contributed by atoms with van der Waals surface area (Å²) in [5, 5.41) is 6.88. The molecule has 2 aromatic heterocycles. The lowest BCUT2D eigenvalue weighted by Crippen LogP contribution is -2.44. The van der Waals surface area contributed by atoms with Gasteiger partial charge in [-0.2, -0.15) is 0 Å². The summed E-state index contributed by atoms with van der Waals surface area (Å²) in [6.07, 6.45) is 4.53. The molecule has 1 aliphatic heterocycles. The molecule has 1 saturated heterocycles. The Kier molecular flexibility index (Phi) is 4.34. The van der Waals surface area contributed by atoms with Crippen molar-refractivity contribution in [3.63, 3.8) is 0 Å². The smallest absolute Gasteiger partial charge is 0.268 e. The molecule has 24 heavy (non-hydrogen) atoms. The number of nitrogens with one attached hydrogen (secondary N) is 1. The molecular formula is C15H20N6O3. The number of hydrogen-bond acceptors (Lipinski definition) is 7. The third-order valence-corrected chi connectivity index (χ3v) is 4.39.